The van der Waals surface area contributed by atoms with E-state index in [1.807, 2.05) is 0 Å². The van der Waals surface area contributed by atoms with Gasteiger partial charge in [-0.15, -0.1) is 0 Å². The van der Waals surface area contributed by atoms with Crippen LogP contribution in [0.3, 0.4) is 0 Å². The summed E-state index contributed by atoms with van der Waals surface area (Å²) >= 11 is 0. The molecule has 1 saturated heterocycles. The summed E-state index contributed by atoms with van der Waals surface area (Å²) in [4.78, 5) is 14.0. The topological polar surface area (TPSA) is 29.5 Å². The first kappa shape index (κ1) is 15.7. The van der Waals surface area contributed by atoms with Gasteiger partial charge in [0, 0.05) is 13.1 Å². The normalized spacial score (nSPS) is 15.4. The molecule has 0 saturated carbocycles. The van der Waals surface area contributed by atoms with Crippen molar-refractivity contribution < 1.29 is 18.3 Å². The molecule has 0 bridgehead atoms. The molecule has 1 aromatic rings. The van der Waals surface area contributed by atoms with E-state index in [1.54, 1.807) is 18.7 Å². The highest BCUT2D eigenvalue weighted by atomic mass is 19.2. The summed E-state index contributed by atoms with van der Waals surface area (Å²) in [7, 11) is 1.36. The molecule has 0 radical (unpaired) electrons. The Kier molecular flexibility index (Phi) is 4.80. The summed E-state index contributed by atoms with van der Waals surface area (Å²) < 4.78 is 33.7. The Morgan fingerprint density at radius 3 is 2.33 bits per heavy atom. The standard InChI is InChI=1S/C16H21F2NO2/c1-10(2)11-9-12(21-3)13(15(18)14(11)17)16(20)19-7-5-4-6-8-19/h9-10H,4-8H2,1-3H3. The maximum absolute atomic E-state index is 14.4. The Morgan fingerprint density at radius 1 is 1.19 bits per heavy atom. The molecule has 1 fully saturated rings. The second-order valence-electron chi connectivity index (χ2n) is 5.68. The highest BCUT2D eigenvalue weighted by molar-refractivity contribution is 5.97. The zero-order valence-electron chi connectivity index (χ0n) is 12.7. The van der Waals surface area contributed by atoms with Crippen LogP contribution in [0.4, 0.5) is 8.78 Å². The van der Waals surface area contributed by atoms with E-state index < -0.39 is 17.5 Å². The number of hydrogen-bond acceptors (Lipinski definition) is 2. The van der Waals surface area contributed by atoms with Gasteiger partial charge in [0.05, 0.1) is 7.11 Å². The van der Waals surface area contributed by atoms with E-state index in [0.29, 0.717) is 13.1 Å². The molecule has 2 rings (SSSR count). The van der Waals surface area contributed by atoms with Crippen LogP contribution < -0.4 is 4.74 Å². The number of hydrogen-bond donors (Lipinski definition) is 0. The number of rotatable bonds is 3. The summed E-state index contributed by atoms with van der Waals surface area (Å²) in [5.41, 5.74) is -0.0687. The van der Waals surface area contributed by atoms with E-state index in [4.69, 9.17) is 4.74 Å². The summed E-state index contributed by atoms with van der Waals surface area (Å²) in [5.74, 6) is -2.63. The maximum Gasteiger partial charge on any atom is 0.260 e. The minimum absolute atomic E-state index is 0.105. The molecule has 21 heavy (non-hydrogen) atoms. The second-order valence-corrected chi connectivity index (χ2v) is 5.68. The summed E-state index contributed by atoms with van der Waals surface area (Å²) in [5, 5.41) is 0. The van der Waals surface area contributed by atoms with Gasteiger partial charge in [-0.2, -0.15) is 0 Å². The molecule has 0 aromatic heterocycles. The van der Waals surface area contributed by atoms with E-state index in [0.717, 1.165) is 19.3 Å². The predicted octanol–water partition coefficient (Wildman–Crippen LogP) is 3.72. The number of ether oxygens (including phenoxy) is 1. The van der Waals surface area contributed by atoms with Crippen LogP contribution in [-0.2, 0) is 0 Å². The number of likely N-dealkylation sites (tertiary alicyclic amines) is 1. The molecule has 5 heteroatoms. The number of methoxy groups -OCH3 is 1. The van der Waals surface area contributed by atoms with Gasteiger partial charge < -0.3 is 9.64 Å². The molecule has 1 aliphatic rings. The van der Waals surface area contributed by atoms with Gasteiger partial charge >= 0.3 is 0 Å². The lowest BCUT2D eigenvalue weighted by atomic mass is 9.98. The van der Waals surface area contributed by atoms with Crippen LogP contribution in [0, 0.1) is 11.6 Å². The van der Waals surface area contributed by atoms with Gasteiger partial charge in [-0.05, 0) is 36.8 Å². The van der Waals surface area contributed by atoms with Crippen molar-refractivity contribution >= 4 is 5.91 Å². The Labute approximate surface area is 123 Å². The molecule has 1 heterocycles. The highest BCUT2D eigenvalue weighted by Crippen LogP contribution is 2.32. The van der Waals surface area contributed by atoms with Crippen LogP contribution in [0.25, 0.3) is 0 Å². The third kappa shape index (κ3) is 3.01. The first-order chi connectivity index (χ1) is 9.97. The van der Waals surface area contributed by atoms with E-state index in [-0.39, 0.29) is 22.8 Å². The molecule has 1 aromatic carbocycles. The smallest absolute Gasteiger partial charge is 0.260 e. The van der Waals surface area contributed by atoms with Crippen LogP contribution >= 0.6 is 0 Å². The monoisotopic (exact) mass is 297 g/mol. The fraction of sp³-hybridized carbons (Fsp3) is 0.562. The van der Waals surface area contributed by atoms with Crippen molar-refractivity contribution in [3.63, 3.8) is 0 Å². The van der Waals surface area contributed by atoms with Crippen molar-refractivity contribution in [2.75, 3.05) is 20.2 Å². The minimum atomic E-state index is -1.10. The quantitative estimate of drug-likeness (QED) is 0.851. The molecular weight excluding hydrogens is 276 g/mol. The van der Waals surface area contributed by atoms with Gasteiger partial charge in [0.2, 0.25) is 0 Å². The first-order valence-electron chi connectivity index (χ1n) is 7.32. The molecule has 0 spiro atoms. The molecule has 0 aliphatic carbocycles. The average Bonchev–Trinajstić information content (AvgIpc) is 2.49. The molecule has 1 amide bonds. The lowest BCUT2D eigenvalue weighted by molar-refractivity contribution is 0.0714. The third-order valence-corrected chi connectivity index (χ3v) is 3.90. The summed E-state index contributed by atoms with van der Waals surface area (Å²) in [6.45, 7) is 4.69. The van der Waals surface area contributed by atoms with Crippen molar-refractivity contribution in [3.8, 4) is 5.75 Å². The maximum atomic E-state index is 14.4. The number of halogens is 2. The Bertz CT molecular complexity index is 538. The molecule has 1 aliphatic heterocycles. The Balaban J connectivity index is 2.47. The molecule has 3 nitrogen and oxygen atoms in total. The van der Waals surface area contributed by atoms with Crippen molar-refractivity contribution in [1.29, 1.82) is 0 Å². The number of amides is 1. The summed E-state index contributed by atoms with van der Waals surface area (Å²) in [6, 6.07) is 1.43. The zero-order valence-corrected chi connectivity index (χ0v) is 12.7. The van der Waals surface area contributed by atoms with Crippen LogP contribution in [0.5, 0.6) is 5.75 Å². The van der Waals surface area contributed by atoms with Gasteiger partial charge in [-0.3, -0.25) is 4.79 Å². The molecule has 116 valence electrons. The van der Waals surface area contributed by atoms with Gasteiger partial charge in [0.25, 0.3) is 5.91 Å². The van der Waals surface area contributed by atoms with Crippen LogP contribution in [0.2, 0.25) is 0 Å². The zero-order chi connectivity index (χ0) is 15.6. The van der Waals surface area contributed by atoms with E-state index in [9.17, 15) is 13.6 Å². The van der Waals surface area contributed by atoms with Crippen molar-refractivity contribution in [3.05, 3.63) is 28.8 Å². The Hall–Kier alpha value is -1.65. The van der Waals surface area contributed by atoms with Crippen LogP contribution in [0.15, 0.2) is 6.07 Å². The molecule has 0 N–H and O–H groups in total. The largest absolute Gasteiger partial charge is 0.496 e. The number of nitrogens with zero attached hydrogens (tertiary/aromatic N) is 1. The second kappa shape index (κ2) is 6.41. The lowest BCUT2D eigenvalue weighted by Crippen LogP contribution is -2.36. The molecular formula is C16H21F2NO2. The van der Waals surface area contributed by atoms with E-state index in [1.165, 1.54) is 13.2 Å². The van der Waals surface area contributed by atoms with Crippen molar-refractivity contribution in [2.24, 2.45) is 0 Å². The predicted molar refractivity (Wildman–Crippen MR) is 76.8 cm³/mol. The number of benzene rings is 1. The summed E-state index contributed by atoms with van der Waals surface area (Å²) in [6.07, 6.45) is 2.84. The lowest BCUT2D eigenvalue weighted by Gasteiger charge is -2.27. The van der Waals surface area contributed by atoms with Gasteiger partial charge in [0.15, 0.2) is 11.6 Å². The molecule has 0 unspecified atom stereocenters. The van der Waals surface area contributed by atoms with E-state index >= 15 is 0 Å². The number of piperidine rings is 1. The van der Waals surface area contributed by atoms with Crippen LogP contribution in [0.1, 0.15) is 54.9 Å². The number of carbonyl (C=O) groups excluding carboxylic acids is 1. The minimum Gasteiger partial charge on any atom is -0.496 e. The first-order valence-corrected chi connectivity index (χ1v) is 7.32. The fourth-order valence-corrected chi connectivity index (χ4v) is 2.66. The third-order valence-electron chi connectivity index (χ3n) is 3.90. The van der Waals surface area contributed by atoms with Crippen LogP contribution in [-0.4, -0.2) is 31.0 Å². The van der Waals surface area contributed by atoms with E-state index in [2.05, 4.69) is 0 Å². The van der Waals surface area contributed by atoms with Gasteiger partial charge in [0.1, 0.15) is 11.3 Å². The van der Waals surface area contributed by atoms with Crippen molar-refractivity contribution in [1.82, 2.24) is 4.90 Å². The van der Waals surface area contributed by atoms with Gasteiger partial charge in [-0.1, -0.05) is 13.8 Å². The fourth-order valence-electron chi connectivity index (χ4n) is 2.66. The van der Waals surface area contributed by atoms with Crippen molar-refractivity contribution in [2.45, 2.75) is 39.0 Å². The average molecular weight is 297 g/mol. The van der Waals surface area contributed by atoms with Gasteiger partial charge in [-0.25, -0.2) is 8.78 Å². The SMILES string of the molecule is COc1cc(C(C)C)c(F)c(F)c1C(=O)N1CCCCC1. The molecule has 0 atom stereocenters. The Morgan fingerprint density at radius 2 is 1.81 bits per heavy atom. The highest BCUT2D eigenvalue weighted by Gasteiger charge is 2.29. The number of carbonyl (C=O) groups is 1.